The molecule has 1 aromatic carbocycles. The molecular weight excluding hydrogens is 347 g/mol. The van der Waals surface area contributed by atoms with Gasteiger partial charge in [-0.25, -0.2) is 4.98 Å². The van der Waals surface area contributed by atoms with Crippen molar-refractivity contribution in [2.75, 3.05) is 0 Å². The Kier molecular flexibility index (Phi) is 3.29. The van der Waals surface area contributed by atoms with Gasteiger partial charge in [-0.15, -0.1) is 0 Å². The van der Waals surface area contributed by atoms with Gasteiger partial charge in [0.15, 0.2) is 0 Å². The van der Waals surface area contributed by atoms with Crippen molar-refractivity contribution in [3.05, 3.63) is 56.7 Å². The van der Waals surface area contributed by atoms with E-state index in [1.54, 1.807) is 6.07 Å². The topological polar surface area (TPSA) is 17.3 Å². The van der Waals surface area contributed by atoms with E-state index in [2.05, 4.69) is 20.9 Å². The van der Waals surface area contributed by atoms with Crippen LogP contribution in [0.25, 0.3) is 16.9 Å². The Labute approximate surface area is 129 Å². The molecule has 0 amide bonds. The summed E-state index contributed by atoms with van der Waals surface area (Å²) in [6.45, 7) is 2.04. The molecule has 0 aliphatic heterocycles. The SMILES string of the molecule is Cc1cc2nc(-c3ccc(Cl)c(Cl)c3)cn2cc1Br. The monoisotopic (exact) mass is 354 g/mol. The summed E-state index contributed by atoms with van der Waals surface area (Å²) < 4.78 is 3.03. The van der Waals surface area contributed by atoms with E-state index in [0.717, 1.165) is 26.9 Å². The predicted octanol–water partition coefficient (Wildman–Crippen LogP) is 5.38. The lowest BCUT2D eigenvalue weighted by atomic mass is 10.2. The summed E-state index contributed by atoms with van der Waals surface area (Å²) in [5, 5.41) is 1.08. The second kappa shape index (κ2) is 4.82. The standard InChI is InChI=1S/C14H9BrCl2N2/c1-8-4-14-18-13(7-19(14)6-10(8)15)9-2-3-11(16)12(17)5-9/h2-7H,1H3. The number of aromatic nitrogens is 2. The first-order valence-corrected chi connectivity index (χ1v) is 7.20. The largest absolute Gasteiger partial charge is 0.305 e. The first kappa shape index (κ1) is 13.0. The molecule has 0 spiro atoms. The second-order valence-corrected chi connectivity index (χ2v) is 5.99. The number of fused-ring (bicyclic) bond motifs is 1. The van der Waals surface area contributed by atoms with Gasteiger partial charge in [0, 0.05) is 22.4 Å². The number of benzene rings is 1. The third-order valence-corrected chi connectivity index (χ3v) is 4.52. The van der Waals surface area contributed by atoms with Crippen LogP contribution in [0.1, 0.15) is 5.56 Å². The highest BCUT2D eigenvalue weighted by Crippen LogP contribution is 2.29. The molecule has 5 heteroatoms. The van der Waals surface area contributed by atoms with Crippen molar-refractivity contribution >= 4 is 44.8 Å². The fourth-order valence-electron chi connectivity index (χ4n) is 1.90. The normalized spacial score (nSPS) is 11.2. The van der Waals surface area contributed by atoms with Crippen molar-refractivity contribution in [3.8, 4) is 11.3 Å². The molecule has 0 saturated heterocycles. The van der Waals surface area contributed by atoms with E-state index >= 15 is 0 Å². The average Bonchev–Trinajstić information content (AvgIpc) is 2.76. The molecule has 96 valence electrons. The molecule has 0 N–H and O–H groups in total. The van der Waals surface area contributed by atoms with Gasteiger partial charge in [0.2, 0.25) is 0 Å². The lowest BCUT2D eigenvalue weighted by Gasteiger charge is -1.98. The van der Waals surface area contributed by atoms with E-state index in [1.165, 1.54) is 0 Å². The Morgan fingerprint density at radius 1 is 1.11 bits per heavy atom. The van der Waals surface area contributed by atoms with Crippen LogP contribution in [0.15, 0.2) is 41.1 Å². The fourth-order valence-corrected chi connectivity index (χ4v) is 2.53. The third kappa shape index (κ3) is 2.38. The van der Waals surface area contributed by atoms with E-state index in [1.807, 2.05) is 41.9 Å². The Morgan fingerprint density at radius 2 is 1.89 bits per heavy atom. The first-order chi connectivity index (χ1) is 9.04. The Morgan fingerprint density at radius 3 is 2.63 bits per heavy atom. The minimum Gasteiger partial charge on any atom is -0.305 e. The molecule has 0 atom stereocenters. The fraction of sp³-hybridized carbons (Fsp3) is 0.0714. The van der Waals surface area contributed by atoms with Crippen LogP contribution in [0.3, 0.4) is 0 Å². The van der Waals surface area contributed by atoms with E-state index in [-0.39, 0.29) is 0 Å². The van der Waals surface area contributed by atoms with Gasteiger partial charge in [0.1, 0.15) is 5.65 Å². The highest BCUT2D eigenvalue weighted by molar-refractivity contribution is 9.10. The van der Waals surface area contributed by atoms with Crippen LogP contribution in [0, 0.1) is 6.92 Å². The highest BCUT2D eigenvalue weighted by atomic mass is 79.9. The smallest absolute Gasteiger partial charge is 0.137 e. The Balaban J connectivity index is 2.17. The van der Waals surface area contributed by atoms with Gasteiger partial charge in [0.05, 0.1) is 15.7 Å². The van der Waals surface area contributed by atoms with Gasteiger partial charge in [-0.2, -0.15) is 0 Å². The zero-order chi connectivity index (χ0) is 13.6. The summed E-state index contributed by atoms with van der Waals surface area (Å²) in [7, 11) is 0. The summed E-state index contributed by atoms with van der Waals surface area (Å²) in [5.74, 6) is 0. The maximum atomic E-state index is 6.04. The van der Waals surface area contributed by atoms with Crippen molar-refractivity contribution in [1.82, 2.24) is 9.38 Å². The molecule has 0 fully saturated rings. The van der Waals surface area contributed by atoms with Crippen LogP contribution >= 0.6 is 39.1 Å². The molecule has 0 aliphatic carbocycles. The van der Waals surface area contributed by atoms with Crippen LogP contribution in [-0.4, -0.2) is 9.38 Å². The number of nitrogens with zero attached hydrogens (tertiary/aromatic N) is 2. The lowest BCUT2D eigenvalue weighted by molar-refractivity contribution is 1.16. The number of hydrogen-bond acceptors (Lipinski definition) is 1. The Hall–Kier alpha value is -1.03. The van der Waals surface area contributed by atoms with Crippen LogP contribution in [-0.2, 0) is 0 Å². The molecular formula is C14H9BrCl2N2. The van der Waals surface area contributed by atoms with Crippen LogP contribution in [0.5, 0.6) is 0 Å². The number of pyridine rings is 1. The molecule has 3 rings (SSSR count). The van der Waals surface area contributed by atoms with Crippen molar-refractivity contribution in [3.63, 3.8) is 0 Å². The van der Waals surface area contributed by atoms with Gasteiger partial charge < -0.3 is 4.40 Å². The molecule has 0 bridgehead atoms. The first-order valence-electron chi connectivity index (χ1n) is 5.65. The van der Waals surface area contributed by atoms with Crippen molar-refractivity contribution in [2.24, 2.45) is 0 Å². The minimum absolute atomic E-state index is 0.536. The molecule has 0 aliphatic rings. The maximum Gasteiger partial charge on any atom is 0.137 e. The lowest BCUT2D eigenvalue weighted by Crippen LogP contribution is -1.85. The van der Waals surface area contributed by atoms with Crippen molar-refractivity contribution < 1.29 is 0 Å². The number of aryl methyl sites for hydroxylation is 1. The molecule has 19 heavy (non-hydrogen) atoms. The van der Waals surface area contributed by atoms with E-state index in [0.29, 0.717) is 10.0 Å². The molecule has 3 aromatic rings. The molecule has 0 radical (unpaired) electrons. The summed E-state index contributed by atoms with van der Waals surface area (Å²) in [6.07, 6.45) is 3.97. The van der Waals surface area contributed by atoms with Crippen LogP contribution in [0.2, 0.25) is 10.0 Å². The molecule has 2 aromatic heterocycles. The zero-order valence-electron chi connectivity index (χ0n) is 9.99. The van der Waals surface area contributed by atoms with Crippen LogP contribution < -0.4 is 0 Å². The van der Waals surface area contributed by atoms with E-state index < -0.39 is 0 Å². The van der Waals surface area contributed by atoms with Gasteiger partial charge in [-0.3, -0.25) is 0 Å². The zero-order valence-corrected chi connectivity index (χ0v) is 13.1. The molecule has 2 nitrogen and oxygen atoms in total. The second-order valence-electron chi connectivity index (χ2n) is 4.32. The Bertz CT molecular complexity index is 741. The number of hydrogen-bond donors (Lipinski definition) is 0. The molecule has 0 unspecified atom stereocenters. The van der Waals surface area contributed by atoms with Gasteiger partial charge in [-0.05, 0) is 46.6 Å². The van der Waals surface area contributed by atoms with Crippen molar-refractivity contribution in [1.29, 1.82) is 0 Å². The average molecular weight is 356 g/mol. The summed E-state index contributed by atoms with van der Waals surface area (Å²) in [6, 6.07) is 7.56. The van der Waals surface area contributed by atoms with E-state index in [4.69, 9.17) is 23.2 Å². The number of rotatable bonds is 1. The van der Waals surface area contributed by atoms with Crippen LogP contribution in [0.4, 0.5) is 0 Å². The third-order valence-electron chi connectivity index (χ3n) is 2.95. The highest BCUT2D eigenvalue weighted by Gasteiger charge is 2.08. The minimum atomic E-state index is 0.536. The molecule has 2 heterocycles. The maximum absolute atomic E-state index is 6.04. The predicted molar refractivity (Wildman–Crippen MR) is 83.1 cm³/mol. The van der Waals surface area contributed by atoms with Gasteiger partial charge >= 0.3 is 0 Å². The summed E-state index contributed by atoms with van der Waals surface area (Å²) in [4.78, 5) is 4.60. The summed E-state index contributed by atoms with van der Waals surface area (Å²) in [5.41, 5.74) is 3.88. The number of halogens is 3. The summed E-state index contributed by atoms with van der Waals surface area (Å²) >= 11 is 15.5. The quantitative estimate of drug-likeness (QED) is 0.572. The van der Waals surface area contributed by atoms with Gasteiger partial charge in [0.25, 0.3) is 0 Å². The van der Waals surface area contributed by atoms with E-state index in [9.17, 15) is 0 Å². The molecule has 0 saturated carbocycles. The number of imidazole rings is 1. The van der Waals surface area contributed by atoms with Crippen molar-refractivity contribution in [2.45, 2.75) is 6.92 Å². The van der Waals surface area contributed by atoms with Gasteiger partial charge in [-0.1, -0.05) is 29.3 Å².